The third-order valence-corrected chi connectivity index (χ3v) is 4.64. The number of nitrogens with one attached hydrogen (secondary N) is 1. The number of carbonyl (C=O) groups excluding carboxylic acids is 1. The van der Waals surface area contributed by atoms with Gasteiger partial charge < -0.3 is 24.6 Å². The molecular weight excluding hydrogens is 320 g/mol. The average Bonchev–Trinajstić information content (AvgIpc) is 3.28. The van der Waals surface area contributed by atoms with Gasteiger partial charge in [0.2, 0.25) is 0 Å². The van der Waals surface area contributed by atoms with Gasteiger partial charge in [0, 0.05) is 40.4 Å². The molecule has 2 amide bonds. The highest BCUT2D eigenvalue weighted by atomic mass is 16.5. The van der Waals surface area contributed by atoms with E-state index in [4.69, 9.17) is 9.47 Å². The molecule has 0 unspecified atom stereocenters. The van der Waals surface area contributed by atoms with E-state index in [1.165, 1.54) is 0 Å². The van der Waals surface area contributed by atoms with Crippen LogP contribution in [0.4, 0.5) is 16.3 Å². The highest BCUT2D eigenvalue weighted by Gasteiger charge is 2.27. The van der Waals surface area contributed by atoms with Gasteiger partial charge in [-0.2, -0.15) is 0 Å². The SMILES string of the molecule is CN(C)c1ccc(NC(=O)N(C[C@H]2CCCO2)C[C@H]2CCCO2)cn1. The monoisotopic (exact) mass is 348 g/mol. The van der Waals surface area contributed by atoms with E-state index in [0.717, 1.165) is 44.7 Å². The van der Waals surface area contributed by atoms with Crippen LogP contribution in [0, 0.1) is 0 Å². The number of anilines is 2. The Morgan fingerprint density at radius 1 is 1.16 bits per heavy atom. The van der Waals surface area contributed by atoms with Crippen molar-refractivity contribution >= 4 is 17.5 Å². The molecular formula is C18H28N4O3. The van der Waals surface area contributed by atoms with Crippen molar-refractivity contribution in [2.45, 2.75) is 37.9 Å². The van der Waals surface area contributed by atoms with Crippen LogP contribution in [-0.4, -0.2) is 68.5 Å². The van der Waals surface area contributed by atoms with E-state index in [0.29, 0.717) is 18.8 Å². The summed E-state index contributed by atoms with van der Waals surface area (Å²) >= 11 is 0. The second-order valence-corrected chi connectivity index (χ2v) is 6.90. The summed E-state index contributed by atoms with van der Waals surface area (Å²) in [5.41, 5.74) is 0.695. The zero-order chi connectivity index (χ0) is 17.6. The van der Waals surface area contributed by atoms with Crippen LogP contribution in [0.1, 0.15) is 25.7 Å². The summed E-state index contributed by atoms with van der Waals surface area (Å²) in [6.07, 6.45) is 6.08. The van der Waals surface area contributed by atoms with Gasteiger partial charge in [-0.25, -0.2) is 9.78 Å². The predicted molar refractivity (Wildman–Crippen MR) is 97.1 cm³/mol. The zero-order valence-electron chi connectivity index (χ0n) is 15.1. The first kappa shape index (κ1) is 17.9. The second-order valence-electron chi connectivity index (χ2n) is 6.90. The molecule has 0 aromatic carbocycles. The first-order valence-electron chi connectivity index (χ1n) is 9.04. The van der Waals surface area contributed by atoms with Gasteiger partial charge in [0.1, 0.15) is 5.82 Å². The lowest BCUT2D eigenvalue weighted by atomic mass is 10.2. The lowest BCUT2D eigenvalue weighted by Crippen LogP contribution is -2.44. The molecule has 2 fully saturated rings. The molecule has 2 aliphatic heterocycles. The van der Waals surface area contributed by atoms with Crippen LogP contribution >= 0.6 is 0 Å². The van der Waals surface area contributed by atoms with Gasteiger partial charge in [0.05, 0.1) is 24.1 Å². The summed E-state index contributed by atoms with van der Waals surface area (Å²) < 4.78 is 11.4. The van der Waals surface area contributed by atoms with Crippen molar-refractivity contribution in [3.05, 3.63) is 18.3 Å². The number of nitrogens with zero attached hydrogens (tertiary/aromatic N) is 3. The Labute approximate surface area is 149 Å². The zero-order valence-corrected chi connectivity index (χ0v) is 15.1. The summed E-state index contributed by atoms with van der Waals surface area (Å²) in [5, 5.41) is 2.95. The Balaban J connectivity index is 1.62. The van der Waals surface area contributed by atoms with Crippen molar-refractivity contribution in [3.8, 4) is 0 Å². The van der Waals surface area contributed by atoms with E-state index in [-0.39, 0.29) is 18.2 Å². The second kappa shape index (κ2) is 8.49. The van der Waals surface area contributed by atoms with Crippen LogP contribution in [0.2, 0.25) is 0 Å². The fourth-order valence-electron chi connectivity index (χ4n) is 3.24. The Bertz CT molecular complexity index is 534. The maximum atomic E-state index is 12.8. The Kier molecular flexibility index (Phi) is 6.09. The molecule has 2 aliphatic rings. The number of amides is 2. The number of aromatic nitrogens is 1. The van der Waals surface area contributed by atoms with Crippen molar-refractivity contribution in [1.29, 1.82) is 0 Å². The molecule has 2 atom stereocenters. The lowest BCUT2D eigenvalue weighted by molar-refractivity contribution is 0.0524. The molecule has 0 spiro atoms. The smallest absolute Gasteiger partial charge is 0.322 e. The number of carbonyl (C=O) groups is 1. The van der Waals surface area contributed by atoms with Crippen LogP contribution in [0.25, 0.3) is 0 Å². The molecule has 3 rings (SSSR count). The van der Waals surface area contributed by atoms with Crippen LogP contribution in [0.15, 0.2) is 18.3 Å². The summed E-state index contributed by atoms with van der Waals surface area (Å²) in [4.78, 5) is 20.9. The Morgan fingerprint density at radius 3 is 2.24 bits per heavy atom. The van der Waals surface area contributed by atoms with Crippen LogP contribution in [0.3, 0.4) is 0 Å². The van der Waals surface area contributed by atoms with Gasteiger partial charge in [-0.3, -0.25) is 0 Å². The number of hydrogen-bond acceptors (Lipinski definition) is 5. The fourth-order valence-corrected chi connectivity index (χ4v) is 3.24. The van der Waals surface area contributed by atoms with Gasteiger partial charge in [0.15, 0.2) is 0 Å². The minimum absolute atomic E-state index is 0.120. The van der Waals surface area contributed by atoms with Gasteiger partial charge in [-0.15, -0.1) is 0 Å². The molecule has 2 saturated heterocycles. The van der Waals surface area contributed by atoms with Crippen LogP contribution in [0.5, 0.6) is 0 Å². The summed E-state index contributed by atoms with van der Waals surface area (Å²) in [7, 11) is 3.87. The summed E-state index contributed by atoms with van der Waals surface area (Å²) in [6.45, 7) is 2.79. The number of urea groups is 1. The molecule has 1 aromatic heterocycles. The van der Waals surface area contributed by atoms with Gasteiger partial charge >= 0.3 is 6.03 Å². The Hall–Kier alpha value is -1.86. The van der Waals surface area contributed by atoms with Gasteiger partial charge in [0.25, 0.3) is 0 Å². The minimum Gasteiger partial charge on any atom is -0.376 e. The standard InChI is InChI=1S/C18H28N4O3/c1-21(2)17-8-7-14(11-19-17)20-18(23)22(12-15-5-3-9-24-15)13-16-6-4-10-25-16/h7-8,11,15-16H,3-6,9-10,12-13H2,1-2H3,(H,20,23)/t15-,16-/m1/s1. The first-order chi connectivity index (χ1) is 12.1. The first-order valence-corrected chi connectivity index (χ1v) is 9.04. The van der Waals surface area contributed by atoms with Crippen molar-refractivity contribution in [2.24, 2.45) is 0 Å². The number of pyridine rings is 1. The Morgan fingerprint density at radius 2 is 1.80 bits per heavy atom. The number of ether oxygens (including phenoxy) is 2. The van der Waals surface area contributed by atoms with E-state index in [1.807, 2.05) is 36.0 Å². The summed E-state index contributed by atoms with van der Waals surface area (Å²) in [6, 6.07) is 3.64. The molecule has 3 heterocycles. The normalized spacial score (nSPS) is 22.8. The maximum absolute atomic E-state index is 12.8. The van der Waals surface area contributed by atoms with E-state index in [1.54, 1.807) is 6.20 Å². The number of hydrogen-bond donors (Lipinski definition) is 1. The molecule has 0 aliphatic carbocycles. The van der Waals surface area contributed by atoms with E-state index >= 15 is 0 Å². The minimum atomic E-state index is -0.120. The molecule has 0 saturated carbocycles. The average molecular weight is 348 g/mol. The molecule has 1 aromatic rings. The largest absolute Gasteiger partial charge is 0.376 e. The quantitative estimate of drug-likeness (QED) is 0.855. The van der Waals surface area contributed by atoms with Crippen LogP contribution in [-0.2, 0) is 9.47 Å². The molecule has 0 radical (unpaired) electrons. The van der Waals surface area contributed by atoms with Gasteiger partial charge in [-0.05, 0) is 37.8 Å². The molecule has 138 valence electrons. The van der Waals surface area contributed by atoms with Crippen molar-refractivity contribution in [1.82, 2.24) is 9.88 Å². The molecule has 25 heavy (non-hydrogen) atoms. The number of rotatable bonds is 6. The molecule has 0 bridgehead atoms. The highest BCUT2D eigenvalue weighted by Crippen LogP contribution is 2.19. The molecule has 1 N–H and O–H groups in total. The van der Waals surface area contributed by atoms with Crippen molar-refractivity contribution in [3.63, 3.8) is 0 Å². The van der Waals surface area contributed by atoms with Crippen molar-refractivity contribution in [2.75, 3.05) is 50.6 Å². The molecule has 7 heteroatoms. The van der Waals surface area contributed by atoms with Gasteiger partial charge in [-0.1, -0.05) is 0 Å². The van der Waals surface area contributed by atoms with Crippen LogP contribution < -0.4 is 10.2 Å². The topological polar surface area (TPSA) is 66.9 Å². The van der Waals surface area contributed by atoms with Crippen molar-refractivity contribution < 1.29 is 14.3 Å². The maximum Gasteiger partial charge on any atom is 0.322 e. The highest BCUT2D eigenvalue weighted by molar-refractivity contribution is 5.89. The third kappa shape index (κ3) is 5.06. The lowest BCUT2D eigenvalue weighted by Gasteiger charge is -2.28. The van der Waals surface area contributed by atoms with E-state index in [9.17, 15) is 4.79 Å². The molecule has 7 nitrogen and oxygen atoms in total. The predicted octanol–water partition coefficient (Wildman–Crippen LogP) is 2.34. The van der Waals surface area contributed by atoms with E-state index in [2.05, 4.69) is 10.3 Å². The fraction of sp³-hybridized carbons (Fsp3) is 0.667. The third-order valence-electron chi connectivity index (χ3n) is 4.64. The summed E-state index contributed by atoms with van der Waals surface area (Å²) in [5.74, 6) is 0.855. The van der Waals surface area contributed by atoms with E-state index < -0.39 is 0 Å².